The van der Waals surface area contributed by atoms with Gasteiger partial charge in [0.05, 0.1) is 6.42 Å². The summed E-state index contributed by atoms with van der Waals surface area (Å²) in [5.74, 6) is -0.139. The molecule has 0 atom stereocenters. The second kappa shape index (κ2) is 3.42. The predicted octanol–water partition coefficient (Wildman–Crippen LogP) is 2.68. The molecule has 1 aromatic carbocycles. The topological polar surface area (TPSA) is 50.4 Å². The number of hydrogen-bond acceptors (Lipinski definition) is 2. The molecule has 3 nitrogen and oxygen atoms in total. The number of fused-ring (bicyclic) bond motifs is 1. The van der Waals surface area contributed by atoms with E-state index in [0.717, 1.165) is 22.1 Å². The molecular weight excluding hydrogens is 192 g/mol. The molecule has 0 saturated heterocycles. The van der Waals surface area contributed by atoms with E-state index in [0.29, 0.717) is 5.76 Å². The van der Waals surface area contributed by atoms with Crippen molar-refractivity contribution in [1.29, 1.82) is 0 Å². The maximum absolute atomic E-state index is 10.7. The zero-order valence-corrected chi connectivity index (χ0v) is 8.70. The third-order valence-corrected chi connectivity index (χ3v) is 2.48. The molecule has 2 rings (SSSR count). The van der Waals surface area contributed by atoms with Crippen LogP contribution in [0.5, 0.6) is 0 Å². The minimum Gasteiger partial charge on any atom is -0.481 e. The molecule has 1 aromatic heterocycles. The number of aliphatic carboxylic acids is 1. The van der Waals surface area contributed by atoms with Gasteiger partial charge >= 0.3 is 5.97 Å². The van der Waals surface area contributed by atoms with Gasteiger partial charge in [0.15, 0.2) is 0 Å². The molecule has 1 heterocycles. The molecule has 0 bridgehead atoms. The van der Waals surface area contributed by atoms with Crippen molar-refractivity contribution in [3.05, 3.63) is 35.1 Å². The van der Waals surface area contributed by atoms with Gasteiger partial charge in [-0.15, -0.1) is 0 Å². The van der Waals surface area contributed by atoms with E-state index in [2.05, 4.69) is 0 Å². The van der Waals surface area contributed by atoms with Gasteiger partial charge in [0.1, 0.15) is 11.3 Å². The van der Waals surface area contributed by atoms with Crippen molar-refractivity contribution < 1.29 is 14.3 Å². The van der Waals surface area contributed by atoms with Crippen LogP contribution in [0.4, 0.5) is 0 Å². The molecule has 1 N–H and O–H groups in total. The smallest absolute Gasteiger partial charge is 0.307 e. The number of carboxylic acids is 1. The first-order chi connectivity index (χ1) is 7.08. The van der Waals surface area contributed by atoms with E-state index in [1.807, 2.05) is 25.1 Å². The highest BCUT2D eigenvalue weighted by molar-refractivity contribution is 5.86. The Kier molecular flexibility index (Phi) is 2.23. The molecule has 0 radical (unpaired) electrons. The Labute approximate surface area is 87.3 Å². The van der Waals surface area contributed by atoms with Gasteiger partial charge in [-0.1, -0.05) is 11.6 Å². The standard InChI is InChI=1S/C12H12O3/c1-7-3-4-11-10(5-7)9(6-12(13)14)8(2)15-11/h3-5H,6H2,1-2H3,(H,13,14). The summed E-state index contributed by atoms with van der Waals surface area (Å²) < 4.78 is 5.49. The van der Waals surface area contributed by atoms with Crippen molar-refractivity contribution in [3.8, 4) is 0 Å². The van der Waals surface area contributed by atoms with Crippen LogP contribution in [0.2, 0.25) is 0 Å². The number of carboxylic acid groups (broad SMARTS) is 1. The first-order valence-electron chi connectivity index (χ1n) is 4.78. The molecule has 0 unspecified atom stereocenters. The van der Waals surface area contributed by atoms with Crippen molar-refractivity contribution >= 4 is 16.9 Å². The normalized spacial score (nSPS) is 10.8. The lowest BCUT2D eigenvalue weighted by Crippen LogP contribution is -2.00. The van der Waals surface area contributed by atoms with Crippen LogP contribution >= 0.6 is 0 Å². The predicted molar refractivity (Wildman–Crippen MR) is 57.0 cm³/mol. The Morgan fingerprint density at radius 2 is 2.13 bits per heavy atom. The number of benzene rings is 1. The fraction of sp³-hybridized carbons (Fsp3) is 0.250. The van der Waals surface area contributed by atoms with Crippen molar-refractivity contribution in [2.45, 2.75) is 20.3 Å². The summed E-state index contributed by atoms with van der Waals surface area (Å²) in [7, 11) is 0. The average molecular weight is 204 g/mol. The van der Waals surface area contributed by atoms with E-state index in [9.17, 15) is 4.79 Å². The van der Waals surface area contributed by atoms with Gasteiger partial charge in [0.25, 0.3) is 0 Å². The summed E-state index contributed by atoms with van der Waals surface area (Å²) in [6.45, 7) is 3.78. The fourth-order valence-electron chi connectivity index (χ4n) is 1.76. The van der Waals surface area contributed by atoms with Crippen LogP contribution in [0.3, 0.4) is 0 Å². The molecule has 0 aliphatic rings. The summed E-state index contributed by atoms with van der Waals surface area (Å²) in [5, 5.41) is 9.71. The maximum Gasteiger partial charge on any atom is 0.307 e. The van der Waals surface area contributed by atoms with Crippen LogP contribution in [0.15, 0.2) is 22.6 Å². The molecule has 0 aliphatic heterocycles. The largest absolute Gasteiger partial charge is 0.481 e. The Morgan fingerprint density at radius 1 is 1.40 bits per heavy atom. The molecular formula is C12H12O3. The van der Waals surface area contributed by atoms with E-state index in [4.69, 9.17) is 9.52 Å². The molecule has 0 spiro atoms. The van der Waals surface area contributed by atoms with Gasteiger partial charge in [0, 0.05) is 10.9 Å². The van der Waals surface area contributed by atoms with Crippen molar-refractivity contribution in [2.75, 3.05) is 0 Å². The van der Waals surface area contributed by atoms with Gasteiger partial charge in [-0.3, -0.25) is 4.79 Å². The van der Waals surface area contributed by atoms with Gasteiger partial charge in [-0.2, -0.15) is 0 Å². The SMILES string of the molecule is Cc1ccc2oc(C)c(CC(=O)O)c2c1. The zero-order valence-electron chi connectivity index (χ0n) is 8.70. The van der Waals surface area contributed by atoms with Gasteiger partial charge < -0.3 is 9.52 Å². The van der Waals surface area contributed by atoms with Gasteiger partial charge in [-0.05, 0) is 26.0 Å². The van der Waals surface area contributed by atoms with E-state index < -0.39 is 5.97 Å². The Balaban J connectivity index is 2.65. The summed E-state index contributed by atoms with van der Waals surface area (Å²) in [4.78, 5) is 10.7. The van der Waals surface area contributed by atoms with E-state index >= 15 is 0 Å². The molecule has 15 heavy (non-hydrogen) atoms. The van der Waals surface area contributed by atoms with Crippen molar-refractivity contribution in [1.82, 2.24) is 0 Å². The number of hydrogen-bond donors (Lipinski definition) is 1. The average Bonchev–Trinajstić information content (AvgIpc) is 2.43. The second-order valence-electron chi connectivity index (χ2n) is 3.71. The Morgan fingerprint density at radius 3 is 2.80 bits per heavy atom. The van der Waals surface area contributed by atoms with Crippen LogP contribution in [-0.4, -0.2) is 11.1 Å². The van der Waals surface area contributed by atoms with Crippen molar-refractivity contribution in [3.63, 3.8) is 0 Å². The van der Waals surface area contributed by atoms with Crippen LogP contribution < -0.4 is 0 Å². The molecule has 3 heteroatoms. The Hall–Kier alpha value is -1.77. The van der Waals surface area contributed by atoms with Gasteiger partial charge in [-0.25, -0.2) is 0 Å². The van der Waals surface area contributed by atoms with Crippen LogP contribution in [-0.2, 0) is 11.2 Å². The number of aryl methyl sites for hydroxylation is 2. The molecule has 2 aromatic rings. The molecule has 0 aliphatic carbocycles. The maximum atomic E-state index is 10.7. The second-order valence-corrected chi connectivity index (χ2v) is 3.71. The summed E-state index contributed by atoms with van der Waals surface area (Å²) >= 11 is 0. The third-order valence-electron chi connectivity index (χ3n) is 2.48. The highest BCUT2D eigenvalue weighted by Gasteiger charge is 2.13. The monoisotopic (exact) mass is 204 g/mol. The first-order valence-corrected chi connectivity index (χ1v) is 4.78. The first kappa shape index (κ1) is 9.77. The summed E-state index contributed by atoms with van der Waals surface area (Å²) in [6.07, 6.45) is 0.0162. The molecule has 0 amide bonds. The molecule has 0 fully saturated rings. The lowest BCUT2D eigenvalue weighted by molar-refractivity contribution is -0.136. The molecule has 0 saturated carbocycles. The molecule has 78 valence electrons. The van der Waals surface area contributed by atoms with Crippen LogP contribution in [0.1, 0.15) is 16.9 Å². The minimum absolute atomic E-state index is 0.0162. The highest BCUT2D eigenvalue weighted by Crippen LogP contribution is 2.26. The summed E-state index contributed by atoms with van der Waals surface area (Å²) in [5.41, 5.74) is 2.64. The zero-order chi connectivity index (χ0) is 11.0. The lowest BCUT2D eigenvalue weighted by atomic mass is 10.1. The van der Waals surface area contributed by atoms with Crippen LogP contribution in [0.25, 0.3) is 11.0 Å². The van der Waals surface area contributed by atoms with E-state index in [-0.39, 0.29) is 6.42 Å². The number of rotatable bonds is 2. The quantitative estimate of drug-likeness (QED) is 0.818. The lowest BCUT2D eigenvalue weighted by Gasteiger charge is -1.95. The minimum atomic E-state index is -0.831. The third kappa shape index (κ3) is 1.73. The number of furan rings is 1. The number of carbonyl (C=O) groups is 1. The van der Waals surface area contributed by atoms with Gasteiger partial charge in [0.2, 0.25) is 0 Å². The fourth-order valence-corrected chi connectivity index (χ4v) is 1.76. The van der Waals surface area contributed by atoms with E-state index in [1.54, 1.807) is 6.92 Å². The Bertz CT molecular complexity index is 523. The summed E-state index contributed by atoms with van der Waals surface area (Å²) in [6, 6.07) is 5.79. The van der Waals surface area contributed by atoms with Crippen molar-refractivity contribution in [2.24, 2.45) is 0 Å². The van der Waals surface area contributed by atoms with Crippen LogP contribution in [0, 0.1) is 13.8 Å². The van der Waals surface area contributed by atoms with E-state index in [1.165, 1.54) is 0 Å². The highest BCUT2D eigenvalue weighted by atomic mass is 16.4.